The highest BCUT2D eigenvalue weighted by atomic mass is 35.5. The van der Waals surface area contributed by atoms with E-state index in [2.05, 4.69) is 10.2 Å². The van der Waals surface area contributed by atoms with E-state index in [0.717, 1.165) is 22.9 Å². The zero-order valence-electron chi connectivity index (χ0n) is 18.5. The number of carbonyl (C=O) groups excluding carboxylic acids is 2. The molecular weight excluding hydrogens is 456 g/mol. The molecule has 9 heteroatoms. The van der Waals surface area contributed by atoms with Crippen LogP contribution in [0.1, 0.15) is 26.3 Å². The van der Waals surface area contributed by atoms with E-state index in [0.29, 0.717) is 31.9 Å². The summed E-state index contributed by atoms with van der Waals surface area (Å²) in [7, 11) is 0. The minimum atomic E-state index is -0.573. The van der Waals surface area contributed by atoms with E-state index in [1.165, 1.54) is 12.1 Å². The van der Waals surface area contributed by atoms with Crippen LogP contribution in [-0.2, 0) is 0 Å². The fourth-order valence-corrected chi connectivity index (χ4v) is 4.11. The molecule has 3 aromatic rings. The molecule has 8 nitrogen and oxygen atoms in total. The predicted octanol–water partition coefficient (Wildman–Crippen LogP) is 4.77. The van der Waals surface area contributed by atoms with Crippen molar-refractivity contribution in [1.29, 1.82) is 0 Å². The van der Waals surface area contributed by atoms with Gasteiger partial charge in [-0.15, -0.1) is 0 Å². The number of benzene rings is 3. The van der Waals surface area contributed by atoms with Gasteiger partial charge in [0.1, 0.15) is 0 Å². The molecular formula is C25H23ClN4O4. The Morgan fingerprint density at radius 3 is 2.26 bits per heavy atom. The lowest BCUT2D eigenvalue weighted by molar-refractivity contribution is -0.384. The smallest absolute Gasteiger partial charge is 0.270 e. The first-order valence-electron chi connectivity index (χ1n) is 10.8. The molecule has 1 N–H and O–H groups in total. The number of aryl methyl sites for hydroxylation is 1. The fourth-order valence-electron chi connectivity index (χ4n) is 3.91. The molecule has 1 aliphatic heterocycles. The molecule has 1 aliphatic rings. The number of carbonyl (C=O) groups is 2. The SMILES string of the molecule is Cc1ccccc1C(=O)N1CCN(c2ccc(NC(=O)c3cc([N+](=O)[O-])ccc3Cl)cc2)CC1. The molecule has 0 aliphatic carbocycles. The number of amides is 2. The highest BCUT2D eigenvalue weighted by molar-refractivity contribution is 6.34. The van der Waals surface area contributed by atoms with Gasteiger partial charge in [0, 0.05) is 55.2 Å². The van der Waals surface area contributed by atoms with E-state index in [1.807, 2.05) is 48.2 Å². The zero-order chi connectivity index (χ0) is 24.2. The van der Waals surface area contributed by atoms with Gasteiger partial charge in [-0.2, -0.15) is 0 Å². The molecule has 0 aromatic heterocycles. The predicted molar refractivity (Wildman–Crippen MR) is 132 cm³/mol. The van der Waals surface area contributed by atoms with E-state index in [-0.39, 0.29) is 22.2 Å². The Morgan fingerprint density at radius 2 is 1.62 bits per heavy atom. The molecule has 0 spiro atoms. The van der Waals surface area contributed by atoms with Crippen molar-refractivity contribution >= 4 is 40.5 Å². The van der Waals surface area contributed by atoms with E-state index in [1.54, 1.807) is 12.1 Å². The lowest BCUT2D eigenvalue weighted by Crippen LogP contribution is -2.48. The van der Waals surface area contributed by atoms with Gasteiger partial charge in [-0.05, 0) is 48.9 Å². The average molecular weight is 479 g/mol. The molecule has 0 atom stereocenters. The molecule has 174 valence electrons. The van der Waals surface area contributed by atoms with Gasteiger partial charge in [0.05, 0.1) is 15.5 Å². The summed E-state index contributed by atoms with van der Waals surface area (Å²) in [4.78, 5) is 39.9. The van der Waals surface area contributed by atoms with Gasteiger partial charge in [-0.1, -0.05) is 29.8 Å². The van der Waals surface area contributed by atoms with Crippen molar-refractivity contribution in [2.24, 2.45) is 0 Å². The Hall–Kier alpha value is -3.91. The molecule has 0 unspecified atom stereocenters. The van der Waals surface area contributed by atoms with Crippen molar-refractivity contribution in [2.75, 3.05) is 36.4 Å². The molecule has 0 radical (unpaired) electrons. The topological polar surface area (TPSA) is 95.8 Å². The number of hydrogen-bond acceptors (Lipinski definition) is 5. The molecule has 3 aromatic carbocycles. The maximum atomic E-state index is 12.8. The van der Waals surface area contributed by atoms with Crippen LogP contribution in [0.5, 0.6) is 0 Å². The Morgan fingerprint density at radius 1 is 0.941 bits per heavy atom. The Balaban J connectivity index is 1.37. The normalized spacial score (nSPS) is 13.5. The summed E-state index contributed by atoms with van der Waals surface area (Å²) in [5.74, 6) is -0.472. The third kappa shape index (κ3) is 5.02. The Labute approximate surface area is 201 Å². The number of rotatable bonds is 5. The molecule has 4 rings (SSSR count). The summed E-state index contributed by atoms with van der Waals surface area (Å²) in [6.07, 6.45) is 0. The largest absolute Gasteiger partial charge is 0.368 e. The number of nitro groups is 1. The maximum Gasteiger partial charge on any atom is 0.270 e. The van der Waals surface area contributed by atoms with E-state index in [4.69, 9.17) is 11.6 Å². The van der Waals surface area contributed by atoms with Crippen LogP contribution < -0.4 is 10.2 Å². The number of nitro benzene ring substituents is 1. The minimum absolute atomic E-state index is 0.0365. The third-order valence-electron chi connectivity index (χ3n) is 5.84. The van der Waals surface area contributed by atoms with Crippen molar-refractivity contribution < 1.29 is 14.5 Å². The van der Waals surface area contributed by atoms with Crippen molar-refractivity contribution in [2.45, 2.75) is 6.92 Å². The van der Waals surface area contributed by atoms with Crippen molar-refractivity contribution in [3.63, 3.8) is 0 Å². The number of non-ortho nitro benzene ring substituents is 1. The molecule has 34 heavy (non-hydrogen) atoms. The molecule has 1 heterocycles. The van der Waals surface area contributed by atoms with Crippen LogP contribution in [-0.4, -0.2) is 47.8 Å². The van der Waals surface area contributed by atoms with Gasteiger partial charge < -0.3 is 15.1 Å². The van der Waals surface area contributed by atoms with Gasteiger partial charge in [-0.25, -0.2) is 0 Å². The highest BCUT2D eigenvalue weighted by Crippen LogP contribution is 2.25. The summed E-state index contributed by atoms with van der Waals surface area (Å²) >= 11 is 6.05. The second kappa shape index (κ2) is 9.93. The second-order valence-corrected chi connectivity index (χ2v) is 8.42. The van der Waals surface area contributed by atoms with Crippen LogP contribution in [0.2, 0.25) is 5.02 Å². The van der Waals surface area contributed by atoms with Gasteiger partial charge in [-0.3, -0.25) is 19.7 Å². The third-order valence-corrected chi connectivity index (χ3v) is 6.17. The van der Waals surface area contributed by atoms with E-state index in [9.17, 15) is 19.7 Å². The zero-order valence-corrected chi connectivity index (χ0v) is 19.3. The Bertz CT molecular complexity index is 1240. The quantitative estimate of drug-likeness (QED) is 0.421. The number of nitrogens with one attached hydrogen (secondary N) is 1. The van der Waals surface area contributed by atoms with Crippen LogP contribution in [0.15, 0.2) is 66.7 Å². The van der Waals surface area contributed by atoms with Crippen molar-refractivity contribution in [1.82, 2.24) is 4.90 Å². The standard InChI is InChI=1S/C25H23ClN4O4/c1-17-4-2-3-5-21(17)25(32)29-14-12-28(13-15-29)19-8-6-18(7-9-19)27-24(31)22-16-20(30(33)34)10-11-23(22)26/h2-11,16H,12-15H2,1H3,(H,27,31). The lowest BCUT2D eigenvalue weighted by Gasteiger charge is -2.36. The van der Waals surface area contributed by atoms with Crippen LogP contribution in [0.4, 0.5) is 17.1 Å². The van der Waals surface area contributed by atoms with Crippen molar-refractivity contribution in [3.8, 4) is 0 Å². The van der Waals surface area contributed by atoms with Gasteiger partial charge >= 0.3 is 0 Å². The number of hydrogen-bond donors (Lipinski definition) is 1. The summed E-state index contributed by atoms with van der Waals surface area (Å²) < 4.78 is 0. The van der Waals surface area contributed by atoms with Crippen LogP contribution >= 0.6 is 11.6 Å². The van der Waals surface area contributed by atoms with Crippen LogP contribution in [0.25, 0.3) is 0 Å². The van der Waals surface area contributed by atoms with Crippen LogP contribution in [0, 0.1) is 17.0 Å². The maximum absolute atomic E-state index is 12.8. The molecule has 1 fully saturated rings. The van der Waals surface area contributed by atoms with Crippen LogP contribution in [0.3, 0.4) is 0 Å². The summed E-state index contributed by atoms with van der Waals surface area (Å²) in [6.45, 7) is 4.59. The first-order chi connectivity index (χ1) is 16.3. The summed E-state index contributed by atoms with van der Waals surface area (Å²) in [6, 6.07) is 18.7. The molecule has 2 amide bonds. The van der Waals surface area contributed by atoms with Gasteiger partial charge in [0.25, 0.3) is 17.5 Å². The number of piperazine rings is 1. The Kier molecular flexibility index (Phi) is 6.79. The van der Waals surface area contributed by atoms with Gasteiger partial charge in [0.15, 0.2) is 0 Å². The summed E-state index contributed by atoms with van der Waals surface area (Å²) in [5.41, 5.74) is 3.07. The number of halogens is 1. The monoisotopic (exact) mass is 478 g/mol. The second-order valence-electron chi connectivity index (χ2n) is 8.02. The highest BCUT2D eigenvalue weighted by Gasteiger charge is 2.23. The first-order valence-corrected chi connectivity index (χ1v) is 11.2. The van der Waals surface area contributed by atoms with Gasteiger partial charge in [0.2, 0.25) is 0 Å². The average Bonchev–Trinajstić information content (AvgIpc) is 2.84. The van der Waals surface area contributed by atoms with Crippen molar-refractivity contribution in [3.05, 3.63) is 98.6 Å². The molecule has 0 saturated carbocycles. The fraction of sp³-hybridized carbons (Fsp3) is 0.200. The summed E-state index contributed by atoms with van der Waals surface area (Å²) in [5, 5.41) is 13.8. The molecule has 1 saturated heterocycles. The minimum Gasteiger partial charge on any atom is -0.368 e. The van der Waals surface area contributed by atoms with E-state index >= 15 is 0 Å². The number of nitrogens with zero attached hydrogens (tertiary/aromatic N) is 3. The molecule has 0 bridgehead atoms. The lowest BCUT2D eigenvalue weighted by atomic mass is 10.1. The first kappa shape index (κ1) is 23.3. The number of anilines is 2. The van der Waals surface area contributed by atoms with E-state index < -0.39 is 10.8 Å².